The van der Waals surface area contributed by atoms with Crippen LogP contribution in [0.5, 0.6) is 0 Å². The van der Waals surface area contributed by atoms with Crippen molar-refractivity contribution in [2.75, 3.05) is 6.61 Å². The summed E-state index contributed by atoms with van der Waals surface area (Å²) in [6.45, 7) is 3.14. The number of unbranched alkanes of at least 4 members (excludes halogenated alkanes) is 2. The van der Waals surface area contributed by atoms with Crippen molar-refractivity contribution in [2.45, 2.75) is 63.5 Å². The normalized spacial score (nSPS) is 37.7. The van der Waals surface area contributed by atoms with Gasteiger partial charge in [0.05, 0.1) is 6.10 Å². The zero-order valence-electron chi connectivity index (χ0n) is 9.30. The highest BCUT2D eigenvalue weighted by Gasteiger charge is 2.48. The molecule has 82 valence electrons. The highest BCUT2D eigenvalue weighted by Crippen LogP contribution is 2.44. The van der Waals surface area contributed by atoms with Crippen LogP contribution in [0.4, 0.5) is 0 Å². The lowest BCUT2D eigenvalue weighted by molar-refractivity contribution is 0.0594. The summed E-state index contributed by atoms with van der Waals surface area (Å²) in [5.41, 5.74) is 6.48. The van der Waals surface area contributed by atoms with Crippen molar-refractivity contribution in [3.05, 3.63) is 0 Å². The van der Waals surface area contributed by atoms with E-state index in [2.05, 4.69) is 6.92 Å². The van der Waals surface area contributed by atoms with E-state index in [1.165, 1.54) is 38.5 Å². The van der Waals surface area contributed by atoms with E-state index in [9.17, 15) is 0 Å². The van der Waals surface area contributed by atoms with Gasteiger partial charge in [-0.2, -0.15) is 0 Å². The largest absolute Gasteiger partial charge is 0.376 e. The predicted octanol–water partition coefficient (Wildman–Crippen LogP) is 2.46. The lowest BCUT2D eigenvalue weighted by atomic mass is 9.84. The van der Waals surface area contributed by atoms with Gasteiger partial charge in [-0.25, -0.2) is 0 Å². The van der Waals surface area contributed by atoms with Crippen molar-refractivity contribution < 1.29 is 4.74 Å². The minimum atomic E-state index is 0.0241. The quantitative estimate of drug-likeness (QED) is 0.687. The summed E-state index contributed by atoms with van der Waals surface area (Å²) < 4.78 is 5.80. The van der Waals surface area contributed by atoms with Crippen LogP contribution in [0.1, 0.15) is 51.9 Å². The van der Waals surface area contributed by atoms with Crippen LogP contribution >= 0.6 is 0 Å². The number of hydrogen-bond acceptors (Lipinski definition) is 2. The smallest absolute Gasteiger partial charge is 0.0783 e. The van der Waals surface area contributed by atoms with Crippen molar-refractivity contribution >= 4 is 0 Å². The minimum absolute atomic E-state index is 0.0241. The van der Waals surface area contributed by atoms with Crippen LogP contribution in [0.25, 0.3) is 0 Å². The number of rotatable bonds is 5. The summed E-state index contributed by atoms with van der Waals surface area (Å²) in [6.07, 6.45) is 9.20. The highest BCUT2D eigenvalue weighted by molar-refractivity contribution is 5.03. The summed E-state index contributed by atoms with van der Waals surface area (Å²) in [5.74, 6) is 0.795. The van der Waals surface area contributed by atoms with E-state index in [1.54, 1.807) is 0 Å². The van der Waals surface area contributed by atoms with Crippen molar-refractivity contribution in [1.82, 2.24) is 0 Å². The fourth-order valence-electron chi connectivity index (χ4n) is 2.66. The summed E-state index contributed by atoms with van der Waals surface area (Å²) >= 11 is 0. The van der Waals surface area contributed by atoms with Crippen molar-refractivity contribution in [2.24, 2.45) is 11.7 Å². The molecule has 2 fully saturated rings. The Morgan fingerprint density at radius 1 is 1.36 bits per heavy atom. The molecule has 14 heavy (non-hydrogen) atoms. The molecule has 2 aliphatic rings. The van der Waals surface area contributed by atoms with Crippen LogP contribution in [0, 0.1) is 5.92 Å². The van der Waals surface area contributed by atoms with Gasteiger partial charge in [0.1, 0.15) is 0 Å². The molecule has 0 amide bonds. The van der Waals surface area contributed by atoms with Gasteiger partial charge in [-0.15, -0.1) is 0 Å². The Hall–Kier alpha value is -0.0800. The SMILES string of the molecule is CCCCCC1(N)CCOC1C1CC1. The summed E-state index contributed by atoms with van der Waals surface area (Å²) in [7, 11) is 0. The second-order valence-corrected chi connectivity index (χ2v) is 5.07. The molecule has 0 aromatic carbocycles. The average molecular weight is 197 g/mol. The molecule has 1 saturated carbocycles. The van der Waals surface area contributed by atoms with Gasteiger partial charge >= 0.3 is 0 Å². The molecule has 0 aromatic rings. The van der Waals surface area contributed by atoms with E-state index in [-0.39, 0.29) is 5.54 Å². The van der Waals surface area contributed by atoms with E-state index >= 15 is 0 Å². The van der Waals surface area contributed by atoms with Gasteiger partial charge in [0.25, 0.3) is 0 Å². The van der Waals surface area contributed by atoms with Gasteiger partial charge in [0, 0.05) is 12.1 Å². The molecule has 2 atom stereocenters. The molecule has 0 bridgehead atoms. The number of nitrogens with two attached hydrogens (primary N) is 1. The zero-order valence-corrected chi connectivity index (χ0v) is 9.30. The van der Waals surface area contributed by atoms with E-state index in [4.69, 9.17) is 10.5 Å². The van der Waals surface area contributed by atoms with Crippen LogP contribution in [0.15, 0.2) is 0 Å². The third-order valence-corrected chi connectivity index (χ3v) is 3.73. The van der Waals surface area contributed by atoms with E-state index in [0.717, 1.165) is 18.9 Å². The summed E-state index contributed by atoms with van der Waals surface area (Å²) in [6, 6.07) is 0. The first-order valence-corrected chi connectivity index (χ1v) is 6.17. The third kappa shape index (κ3) is 2.12. The van der Waals surface area contributed by atoms with Crippen LogP contribution in [-0.2, 0) is 4.74 Å². The van der Waals surface area contributed by atoms with Crippen molar-refractivity contribution in [1.29, 1.82) is 0 Å². The molecular weight excluding hydrogens is 174 g/mol. The van der Waals surface area contributed by atoms with Gasteiger partial charge in [0.15, 0.2) is 0 Å². The number of ether oxygens (including phenoxy) is 1. The summed E-state index contributed by atoms with van der Waals surface area (Å²) in [4.78, 5) is 0. The van der Waals surface area contributed by atoms with Gasteiger partial charge < -0.3 is 10.5 Å². The molecule has 2 unspecified atom stereocenters. The monoisotopic (exact) mass is 197 g/mol. The second kappa shape index (κ2) is 4.19. The predicted molar refractivity (Wildman–Crippen MR) is 58.1 cm³/mol. The minimum Gasteiger partial charge on any atom is -0.376 e. The average Bonchev–Trinajstić information content (AvgIpc) is 2.92. The van der Waals surface area contributed by atoms with Gasteiger partial charge in [0.2, 0.25) is 0 Å². The Balaban J connectivity index is 1.84. The van der Waals surface area contributed by atoms with Crippen LogP contribution in [0.2, 0.25) is 0 Å². The summed E-state index contributed by atoms with van der Waals surface area (Å²) in [5, 5.41) is 0. The Morgan fingerprint density at radius 2 is 2.14 bits per heavy atom. The maximum Gasteiger partial charge on any atom is 0.0783 e. The van der Waals surface area contributed by atoms with Gasteiger partial charge in [-0.3, -0.25) is 0 Å². The molecule has 0 spiro atoms. The molecule has 1 saturated heterocycles. The lowest BCUT2D eigenvalue weighted by Crippen LogP contribution is -2.48. The highest BCUT2D eigenvalue weighted by atomic mass is 16.5. The first kappa shape index (κ1) is 10.4. The lowest BCUT2D eigenvalue weighted by Gasteiger charge is -2.30. The molecule has 2 rings (SSSR count). The number of hydrogen-bond donors (Lipinski definition) is 1. The fourth-order valence-corrected chi connectivity index (χ4v) is 2.66. The Bertz CT molecular complexity index is 191. The van der Waals surface area contributed by atoms with Crippen LogP contribution in [0.3, 0.4) is 0 Å². The molecule has 1 aliphatic heterocycles. The first-order valence-electron chi connectivity index (χ1n) is 6.17. The standard InChI is InChI=1S/C12H23NO/c1-2-3-4-7-12(13)8-9-14-11(12)10-5-6-10/h10-11H,2-9,13H2,1H3. The molecule has 0 radical (unpaired) electrons. The molecule has 1 heterocycles. The van der Waals surface area contributed by atoms with Crippen molar-refractivity contribution in [3.8, 4) is 0 Å². The molecule has 1 aliphatic carbocycles. The first-order chi connectivity index (χ1) is 6.76. The zero-order chi connectivity index (χ0) is 10.0. The van der Waals surface area contributed by atoms with Crippen molar-refractivity contribution in [3.63, 3.8) is 0 Å². The van der Waals surface area contributed by atoms with E-state index in [0.29, 0.717) is 6.10 Å². The third-order valence-electron chi connectivity index (χ3n) is 3.73. The molecule has 2 nitrogen and oxygen atoms in total. The molecule has 2 N–H and O–H groups in total. The maximum absolute atomic E-state index is 6.46. The molecular formula is C12H23NO. The van der Waals surface area contributed by atoms with Crippen LogP contribution < -0.4 is 5.73 Å². The maximum atomic E-state index is 6.46. The topological polar surface area (TPSA) is 35.2 Å². The van der Waals surface area contributed by atoms with E-state index < -0.39 is 0 Å². The van der Waals surface area contributed by atoms with Gasteiger partial charge in [-0.05, 0) is 31.6 Å². The van der Waals surface area contributed by atoms with Crippen LogP contribution in [-0.4, -0.2) is 18.2 Å². The molecule has 2 heteroatoms. The van der Waals surface area contributed by atoms with E-state index in [1.807, 2.05) is 0 Å². The Labute approximate surface area is 87.2 Å². The Morgan fingerprint density at radius 3 is 2.79 bits per heavy atom. The molecule has 0 aromatic heterocycles. The second-order valence-electron chi connectivity index (χ2n) is 5.07. The Kier molecular flexibility index (Phi) is 3.13. The fraction of sp³-hybridized carbons (Fsp3) is 1.00. The van der Waals surface area contributed by atoms with Gasteiger partial charge in [-0.1, -0.05) is 26.2 Å².